The molecule has 3 rings (SSSR count). The van der Waals surface area contributed by atoms with Crippen LogP contribution in [0.5, 0.6) is 0 Å². The molecule has 1 heterocycles. The molecule has 0 bridgehead atoms. The van der Waals surface area contributed by atoms with E-state index in [1.165, 1.54) is 11.0 Å². The Bertz CT molecular complexity index is 700. The van der Waals surface area contributed by atoms with Crippen LogP contribution in [0.15, 0.2) is 12.1 Å². The second kappa shape index (κ2) is 5.12. The lowest BCUT2D eigenvalue weighted by Gasteiger charge is -2.32. The Morgan fingerprint density at radius 3 is 2.39 bits per heavy atom. The van der Waals surface area contributed by atoms with E-state index < -0.39 is 16.3 Å². The first-order valence-corrected chi connectivity index (χ1v) is 7.66. The summed E-state index contributed by atoms with van der Waals surface area (Å²) in [7, 11) is 0. The largest absolute Gasteiger partial charge is 0.339 e. The lowest BCUT2D eigenvalue weighted by Crippen LogP contribution is -2.40. The monoisotopic (exact) mass is 344 g/mol. The van der Waals surface area contributed by atoms with Crippen LogP contribution in [0.2, 0.25) is 5.02 Å². The highest BCUT2D eigenvalue weighted by Crippen LogP contribution is 2.65. The number of nitro groups is 1. The van der Waals surface area contributed by atoms with Gasteiger partial charge in [0.1, 0.15) is 5.02 Å². The van der Waals surface area contributed by atoms with E-state index in [0.717, 1.165) is 6.07 Å². The molecule has 1 aromatic carbocycles. The van der Waals surface area contributed by atoms with Gasteiger partial charge in [0.15, 0.2) is 0 Å². The minimum atomic E-state index is -2.61. The Labute approximate surface area is 136 Å². The minimum absolute atomic E-state index is 0.00164. The topological polar surface area (TPSA) is 63.5 Å². The second-order valence-corrected chi connectivity index (χ2v) is 6.72. The fraction of sp³-hybridized carbons (Fsp3) is 0.533. The van der Waals surface area contributed by atoms with Crippen molar-refractivity contribution >= 4 is 23.2 Å². The number of carbonyl (C=O) groups is 1. The maximum Gasteiger partial charge on any atom is 0.288 e. The highest BCUT2D eigenvalue weighted by atomic mass is 35.5. The Morgan fingerprint density at radius 1 is 1.35 bits per heavy atom. The number of benzene rings is 1. The molecule has 0 aromatic heterocycles. The number of nitro benzene ring substituents is 1. The number of halogens is 3. The zero-order chi connectivity index (χ0) is 17.0. The van der Waals surface area contributed by atoms with E-state index in [9.17, 15) is 23.7 Å². The lowest BCUT2D eigenvalue weighted by atomic mass is 9.92. The zero-order valence-electron chi connectivity index (χ0n) is 12.4. The predicted molar refractivity (Wildman–Crippen MR) is 80.0 cm³/mol. The average Bonchev–Trinajstić information content (AvgIpc) is 3.01. The van der Waals surface area contributed by atoms with Crippen LogP contribution in [-0.2, 0) is 0 Å². The molecule has 1 spiro atoms. The Balaban J connectivity index is 1.78. The maximum atomic E-state index is 13.4. The van der Waals surface area contributed by atoms with Crippen LogP contribution in [0, 0.1) is 22.5 Å². The molecule has 1 aliphatic carbocycles. The summed E-state index contributed by atoms with van der Waals surface area (Å²) in [5.74, 6) is -3.00. The summed E-state index contributed by atoms with van der Waals surface area (Å²) in [6.45, 7) is 2.07. The number of rotatable bonds is 2. The molecule has 1 amide bonds. The van der Waals surface area contributed by atoms with Crippen molar-refractivity contribution in [1.82, 2.24) is 4.90 Å². The van der Waals surface area contributed by atoms with Gasteiger partial charge in [-0.15, -0.1) is 0 Å². The van der Waals surface area contributed by atoms with Crippen molar-refractivity contribution < 1.29 is 18.5 Å². The molecule has 0 unspecified atom stereocenters. The van der Waals surface area contributed by atoms with Crippen LogP contribution in [0.25, 0.3) is 0 Å². The number of piperidine rings is 1. The van der Waals surface area contributed by atoms with E-state index >= 15 is 0 Å². The van der Waals surface area contributed by atoms with Crippen LogP contribution in [-0.4, -0.2) is 34.7 Å². The summed E-state index contributed by atoms with van der Waals surface area (Å²) in [5, 5.41) is 11.0. The summed E-state index contributed by atoms with van der Waals surface area (Å²) >= 11 is 5.88. The molecule has 0 radical (unpaired) electrons. The molecule has 8 heteroatoms. The van der Waals surface area contributed by atoms with E-state index in [4.69, 9.17) is 11.6 Å². The summed E-state index contributed by atoms with van der Waals surface area (Å²) in [6.07, 6.45) is 0.425. The van der Waals surface area contributed by atoms with Crippen molar-refractivity contribution in [3.63, 3.8) is 0 Å². The molecule has 1 saturated carbocycles. The van der Waals surface area contributed by atoms with Crippen molar-refractivity contribution in [2.75, 3.05) is 13.1 Å². The van der Waals surface area contributed by atoms with Crippen LogP contribution in [0.4, 0.5) is 14.5 Å². The van der Waals surface area contributed by atoms with Gasteiger partial charge < -0.3 is 4.90 Å². The van der Waals surface area contributed by atoms with Gasteiger partial charge in [0.2, 0.25) is 0 Å². The summed E-state index contributed by atoms with van der Waals surface area (Å²) in [4.78, 5) is 24.3. The number of amides is 1. The van der Waals surface area contributed by atoms with Gasteiger partial charge in [-0.3, -0.25) is 14.9 Å². The molecular formula is C15H15ClF2N2O3. The number of likely N-dealkylation sites (tertiary alicyclic amines) is 1. The molecule has 124 valence electrons. The van der Waals surface area contributed by atoms with E-state index in [-0.39, 0.29) is 54.5 Å². The van der Waals surface area contributed by atoms with Crippen LogP contribution in [0.3, 0.4) is 0 Å². The van der Waals surface area contributed by atoms with E-state index in [0.29, 0.717) is 5.56 Å². The fourth-order valence-corrected chi connectivity index (χ4v) is 3.43. The van der Waals surface area contributed by atoms with Crippen LogP contribution in [0.1, 0.15) is 35.2 Å². The van der Waals surface area contributed by atoms with Gasteiger partial charge in [0, 0.05) is 36.6 Å². The van der Waals surface area contributed by atoms with E-state index in [1.54, 1.807) is 6.92 Å². The highest BCUT2D eigenvalue weighted by Gasteiger charge is 2.70. The van der Waals surface area contributed by atoms with Crippen LogP contribution >= 0.6 is 11.6 Å². The fourth-order valence-electron chi connectivity index (χ4n) is 3.25. The molecule has 23 heavy (non-hydrogen) atoms. The predicted octanol–water partition coefficient (Wildman–Crippen LogP) is 3.82. The minimum Gasteiger partial charge on any atom is -0.339 e. The van der Waals surface area contributed by atoms with Gasteiger partial charge >= 0.3 is 0 Å². The van der Waals surface area contributed by atoms with Crippen molar-refractivity contribution in [2.24, 2.45) is 5.41 Å². The van der Waals surface area contributed by atoms with Gasteiger partial charge in [-0.05, 0) is 31.4 Å². The summed E-state index contributed by atoms with van der Waals surface area (Å²) in [6, 6.07) is 2.64. The van der Waals surface area contributed by atoms with Gasteiger partial charge in [-0.2, -0.15) is 0 Å². The smallest absolute Gasteiger partial charge is 0.288 e. The zero-order valence-corrected chi connectivity index (χ0v) is 13.2. The highest BCUT2D eigenvalue weighted by molar-refractivity contribution is 6.33. The third kappa shape index (κ3) is 2.56. The standard InChI is InChI=1S/C15H15ClF2N2O3/c1-9-6-10(7-11(12(9)16)20(22)23)13(21)19-4-2-14(3-5-19)8-15(14,17)18/h6-7H,2-5,8H2,1H3. The Morgan fingerprint density at radius 2 is 1.91 bits per heavy atom. The second-order valence-electron chi connectivity index (χ2n) is 6.34. The number of hydrogen-bond acceptors (Lipinski definition) is 3. The first-order valence-electron chi connectivity index (χ1n) is 7.28. The summed E-state index contributed by atoms with van der Waals surface area (Å²) in [5.41, 5.74) is -0.660. The maximum absolute atomic E-state index is 13.4. The average molecular weight is 345 g/mol. The molecule has 2 fully saturated rings. The van der Waals surface area contributed by atoms with Crippen LogP contribution < -0.4 is 0 Å². The van der Waals surface area contributed by atoms with Gasteiger partial charge in [0.05, 0.1) is 4.92 Å². The van der Waals surface area contributed by atoms with Gasteiger partial charge in [0.25, 0.3) is 17.5 Å². The van der Waals surface area contributed by atoms with Crippen molar-refractivity contribution in [3.05, 3.63) is 38.4 Å². The molecular weight excluding hydrogens is 330 g/mol. The normalized spacial score (nSPS) is 21.3. The third-order valence-electron chi connectivity index (χ3n) is 4.90. The molecule has 0 N–H and O–H groups in total. The number of nitrogens with zero attached hydrogens (tertiary/aromatic N) is 2. The lowest BCUT2D eigenvalue weighted by molar-refractivity contribution is -0.384. The molecule has 0 atom stereocenters. The molecule has 1 aliphatic heterocycles. The van der Waals surface area contributed by atoms with E-state index in [2.05, 4.69) is 0 Å². The van der Waals surface area contributed by atoms with Gasteiger partial charge in [-0.1, -0.05) is 11.6 Å². The number of aryl methyl sites for hydroxylation is 1. The van der Waals surface area contributed by atoms with E-state index in [1.807, 2.05) is 0 Å². The Kier molecular flexibility index (Phi) is 3.59. The SMILES string of the molecule is Cc1cc(C(=O)N2CCC3(CC2)CC3(F)F)cc([N+](=O)[O-])c1Cl. The Hall–Kier alpha value is -1.76. The van der Waals surface area contributed by atoms with Crippen molar-refractivity contribution in [1.29, 1.82) is 0 Å². The molecule has 2 aliphatic rings. The molecule has 1 aromatic rings. The third-order valence-corrected chi connectivity index (χ3v) is 5.39. The quantitative estimate of drug-likeness (QED) is 0.605. The first kappa shape index (κ1) is 16.1. The first-order chi connectivity index (χ1) is 10.7. The number of carbonyl (C=O) groups excluding carboxylic acids is 1. The van der Waals surface area contributed by atoms with Crippen molar-refractivity contribution in [2.45, 2.75) is 32.1 Å². The number of alkyl halides is 2. The van der Waals surface area contributed by atoms with Crippen molar-refractivity contribution in [3.8, 4) is 0 Å². The summed E-state index contributed by atoms with van der Waals surface area (Å²) < 4.78 is 26.7. The molecule has 5 nitrogen and oxygen atoms in total. The molecule has 1 saturated heterocycles. The number of hydrogen-bond donors (Lipinski definition) is 0. The van der Waals surface area contributed by atoms with Gasteiger partial charge in [-0.25, -0.2) is 8.78 Å².